The van der Waals surface area contributed by atoms with Gasteiger partial charge in [-0.15, -0.1) is 12.3 Å². The highest BCUT2D eigenvalue weighted by Gasteiger charge is 2.08. The Morgan fingerprint density at radius 3 is 2.67 bits per heavy atom. The van der Waals surface area contributed by atoms with Crippen LogP contribution in [-0.2, 0) is 0 Å². The summed E-state index contributed by atoms with van der Waals surface area (Å²) in [6, 6.07) is 12.1. The third-order valence-corrected chi connectivity index (χ3v) is 2.15. The number of nitriles is 1. The molecule has 1 atom stereocenters. The summed E-state index contributed by atoms with van der Waals surface area (Å²) in [7, 11) is 0. The van der Waals surface area contributed by atoms with Crippen LogP contribution >= 0.6 is 0 Å². The standard InChI is InChI=1S/C13H14N2/c1-2-3-9-15-11-13(10-14)12-7-5-4-6-8-12/h1,4-8,13,15H,3,9,11H2. The molecule has 1 rings (SSSR count). The van der Waals surface area contributed by atoms with Crippen molar-refractivity contribution in [1.29, 1.82) is 5.26 Å². The zero-order chi connectivity index (χ0) is 10.9. The van der Waals surface area contributed by atoms with Crippen molar-refractivity contribution in [2.75, 3.05) is 13.1 Å². The van der Waals surface area contributed by atoms with Crippen LogP contribution in [0.15, 0.2) is 30.3 Å². The van der Waals surface area contributed by atoms with Gasteiger partial charge in [0.1, 0.15) is 0 Å². The molecule has 1 aromatic carbocycles. The van der Waals surface area contributed by atoms with E-state index in [4.69, 9.17) is 11.7 Å². The molecule has 0 spiro atoms. The lowest BCUT2D eigenvalue weighted by molar-refractivity contribution is 0.660. The molecule has 0 saturated heterocycles. The van der Waals surface area contributed by atoms with Crippen LogP contribution in [0.2, 0.25) is 0 Å². The van der Waals surface area contributed by atoms with Crippen molar-refractivity contribution in [3.05, 3.63) is 35.9 Å². The molecule has 0 radical (unpaired) electrons. The lowest BCUT2D eigenvalue weighted by Crippen LogP contribution is -2.21. The third-order valence-electron chi connectivity index (χ3n) is 2.15. The molecule has 0 bridgehead atoms. The number of nitrogens with one attached hydrogen (secondary N) is 1. The fraction of sp³-hybridized carbons (Fsp3) is 0.308. The van der Waals surface area contributed by atoms with Gasteiger partial charge in [0, 0.05) is 19.5 Å². The number of hydrogen-bond donors (Lipinski definition) is 1. The van der Waals surface area contributed by atoms with E-state index in [0.29, 0.717) is 13.0 Å². The second kappa shape index (κ2) is 6.65. The van der Waals surface area contributed by atoms with Gasteiger partial charge < -0.3 is 5.32 Å². The molecule has 0 aliphatic rings. The van der Waals surface area contributed by atoms with Gasteiger partial charge in [0.2, 0.25) is 0 Å². The van der Waals surface area contributed by atoms with E-state index in [0.717, 1.165) is 12.1 Å². The van der Waals surface area contributed by atoms with E-state index in [1.165, 1.54) is 0 Å². The van der Waals surface area contributed by atoms with Crippen LogP contribution in [0.25, 0.3) is 0 Å². The van der Waals surface area contributed by atoms with E-state index in [2.05, 4.69) is 17.3 Å². The smallest absolute Gasteiger partial charge is 0.0837 e. The third kappa shape index (κ3) is 3.85. The second-order valence-corrected chi connectivity index (χ2v) is 3.25. The molecule has 1 unspecified atom stereocenters. The summed E-state index contributed by atoms with van der Waals surface area (Å²) in [5, 5.41) is 12.2. The molecule has 2 heteroatoms. The van der Waals surface area contributed by atoms with Crippen LogP contribution in [0.1, 0.15) is 17.9 Å². The van der Waals surface area contributed by atoms with E-state index in [1.807, 2.05) is 30.3 Å². The Hall–Kier alpha value is -1.77. The van der Waals surface area contributed by atoms with Crippen LogP contribution in [0.3, 0.4) is 0 Å². The second-order valence-electron chi connectivity index (χ2n) is 3.25. The van der Waals surface area contributed by atoms with Gasteiger partial charge >= 0.3 is 0 Å². The highest BCUT2D eigenvalue weighted by molar-refractivity contribution is 5.24. The molecule has 0 aliphatic heterocycles. The van der Waals surface area contributed by atoms with Crippen LogP contribution < -0.4 is 5.32 Å². The van der Waals surface area contributed by atoms with Gasteiger partial charge in [-0.1, -0.05) is 30.3 Å². The Morgan fingerprint density at radius 1 is 1.33 bits per heavy atom. The molecule has 0 aliphatic carbocycles. The first kappa shape index (κ1) is 11.3. The molecule has 0 heterocycles. The van der Waals surface area contributed by atoms with E-state index < -0.39 is 0 Å². The minimum Gasteiger partial charge on any atom is -0.314 e. The Morgan fingerprint density at radius 2 is 2.07 bits per heavy atom. The molecule has 0 fully saturated rings. The number of nitrogens with zero attached hydrogens (tertiary/aromatic N) is 1. The highest BCUT2D eigenvalue weighted by Crippen LogP contribution is 2.12. The topological polar surface area (TPSA) is 35.8 Å². The molecule has 2 nitrogen and oxygen atoms in total. The van der Waals surface area contributed by atoms with Crippen LogP contribution in [0.4, 0.5) is 0 Å². The summed E-state index contributed by atoms with van der Waals surface area (Å²) in [4.78, 5) is 0. The van der Waals surface area contributed by atoms with Gasteiger partial charge in [0.05, 0.1) is 12.0 Å². The molecule has 1 N–H and O–H groups in total. The minimum absolute atomic E-state index is 0.0935. The van der Waals surface area contributed by atoms with Gasteiger partial charge in [0.25, 0.3) is 0 Å². The van der Waals surface area contributed by atoms with Crippen molar-refractivity contribution in [3.63, 3.8) is 0 Å². The summed E-state index contributed by atoms with van der Waals surface area (Å²) >= 11 is 0. The summed E-state index contributed by atoms with van der Waals surface area (Å²) in [6.07, 6.45) is 5.84. The summed E-state index contributed by atoms with van der Waals surface area (Å²) in [6.45, 7) is 1.42. The van der Waals surface area contributed by atoms with Gasteiger partial charge in [-0.2, -0.15) is 5.26 Å². The maximum atomic E-state index is 9.01. The SMILES string of the molecule is C#CCCNCC(C#N)c1ccccc1. The molecule has 0 amide bonds. The summed E-state index contributed by atoms with van der Waals surface area (Å²) < 4.78 is 0. The van der Waals surface area contributed by atoms with Gasteiger partial charge in [-0.25, -0.2) is 0 Å². The monoisotopic (exact) mass is 198 g/mol. The van der Waals surface area contributed by atoms with Crippen LogP contribution in [-0.4, -0.2) is 13.1 Å². The quantitative estimate of drug-likeness (QED) is 0.579. The zero-order valence-electron chi connectivity index (χ0n) is 8.61. The van der Waals surface area contributed by atoms with E-state index in [1.54, 1.807) is 0 Å². The lowest BCUT2D eigenvalue weighted by atomic mass is 10.0. The molecule has 15 heavy (non-hydrogen) atoms. The number of rotatable bonds is 5. The lowest BCUT2D eigenvalue weighted by Gasteiger charge is -2.09. The average Bonchev–Trinajstić information content (AvgIpc) is 2.30. The maximum absolute atomic E-state index is 9.01. The normalized spacial score (nSPS) is 11.3. The van der Waals surface area contributed by atoms with E-state index in [-0.39, 0.29) is 5.92 Å². The Balaban J connectivity index is 2.45. The average molecular weight is 198 g/mol. The van der Waals surface area contributed by atoms with E-state index >= 15 is 0 Å². The molecule has 0 aromatic heterocycles. The Bertz CT molecular complexity index is 356. The number of benzene rings is 1. The summed E-state index contributed by atoms with van der Waals surface area (Å²) in [5.74, 6) is 2.46. The molecular formula is C13H14N2. The number of terminal acetylenes is 1. The first-order valence-electron chi connectivity index (χ1n) is 4.97. The highest BCUT2D eigenvalue weighted by atomic mass is 14.8. The van der Waals surface area contributed by atoms with Crippen molar-refractivity contribution in [2.24, 2.45) is 0 Å². The number of hydrogen-bond acceptors (Lipinski definition) is 2. The Kier molecular flexibility index (Phi) is 5.01. The molecule has 0 saturated carbocycles. The van der Waals surface area contributed by atoms with Crippen LogP contribution in [0, 0.1) is 23.7 Å². The maximum Gasteiger partial charge on any atom is 0.0837 e. The first-order valence-corrected chi connectivity index (χ1v) is 4.97. The summed E-state index contributed by atoms with van der Waals surface area (Å²) in [5.41, 5.74) is 1.05. The molecule has 1 aromatic rings. The van der Waals surface area contributed by atoms with Crippen molar-refractivity contribution in [2.45, 2.75) is 12.3 Å². The van der Waals surface area contributed by atoms with Crippen molar-refractivity contribution in [3.8, 4) is 18.4 Å². The van der Waals surface area contributed by atoms with Gasteiger partial charge in [0.15, 0.2) is 0 Å². The van der Waals surface area contributed by atoms with Crippen molar-refractivity contribution >= 4 is 0 Å². The van der Waals surface area contributed by atoms with Gasteiger partial charge in [-0.05, 0) is 5.56 Å². The van der Waals surface area contributed by atoms with Crippen LogP contribution in [0.5, 0.6) is 0 Å². The zero-order valence-corrected chi connectivity index (χ0v) is 8.61. The predicted octanol–water partition coefficient (Wildman–Crippen LogP) is 1.91. The Labute approximate surface area is 90.9 Å². The predicted molar refractivity (Wildman–Crippen MR) is 61.1 cm³/mol. The van der Waals surface area contributed by atoms with E-state index in [9.17, 15) is 0 Å². The first-order chi connectivity index (χ1) is 7.38. The largest absolute Gasteiger partial charge is 0.314 e. The molecule has 76 valence electrons. The van der Waals surface area contributed by atoms with Crippen molar-refractivity contribution in [1.82, 2.24) is 5.32 Å². The van der Waals surface area contributed by atoms with Crippen molar-refractivity contribution < 1.29 is 0 Å². The molecular weight excluding hydrogens is 184 g/mol. The van der Waals surface area contributed by atoms with Gasteiger partial charge in [-0.3, -0.25) is 0 Å². The minimum atomic E-state index is -0.0935. The fourth-order valence-corrected chi connectivity index (χ4v) is 1.33. The fourth-order valence-electron chi connectivity index (χ4n) is 1.33.